The average molecular weight is 405 g/mol. The number of methoxy groups -OCH3 is 1. The van der Waals surface area contributed by atoms with E-state index >= 15 is 0 Å². The summed E-state index contributed by atoms with van der Waals surface area (Å²) in [4.78, 5) is 16.9. The lowest BCUT2D eigenvalue weighted by molar-refractivity contribution is -0.149. The SMILES string of the molecule is CCc1cn(-c2ccc(/C=C(\CCCCl)C(=O)OC(C)(C)C)cc2OC)cn1. The van der Waals surface area contributed by atoms with Crippen molar-refractivity contribution in [1.82, 2.24) is 9.55 Å². The number of ether oxygens (including phenoxy) is 2. The Morgan fingerprint density at radius 2 is 2.07 bits per heavy atom. The molecule has 0 atom stereocenters. The van der Waals surface area contributed by atoms with Gasteiger partial charge in [-0.25, -0.2) is 9.78 Å². The van der Waals surface area contributed by atoms with Crippen LogP contribution in [-0.2, 0) is 16.0 Å². The van der Waals surface area contributed by atoms with Crippen LogP contribution in [0.15, 0.2) is 36.3 Å². The summed E-state index contributed by atoms with van der Waals surface area (Å²) in [5.41, 5.74) is 2.83. The molecule has 0 aliphatic heterocycles. The van der Waals surface area contributed by atoms with E-state index in [2.05, 4.69) is 11.9 Å². The molecule has 0 saturated carbocycles. The molecule has 0 fully saturated rings. The summed E-state index contributed by atoms with van der Waals surface area (Å²) in [5.74, 6) is 0.875. The number of aromatic nitrogens is 2. The first kappa shape index (κ1) is 22.0. The number of carbonyl (C=O) groups is 1. The number of nitrogens with zero attached hydrogens (tertiary/aromatic N) is 2. The Labute approximate surface area is 172 Å². The van der Waals surface area contributed by atoms with Gasteiger partial charge in [0, 0.05) is 17.6 Å². The lowest BCUT2D eigenvalue weighted by Crippen LogP contribution is -2.25. The van der Waals surface area contributed by atoms with Gasteiger partial charge in [0.25, 0.3) is 0 Å². The molecule has 1 aromatic carbocycles. The van der Waals surface area contributed by atoms with Crippen LogP contribution in [0.1, 0.15) is 51.8 Å². The van der Waals surface area contributed by atoms with Gasteiger partial charge in [0.2, 0.25) is 0 Å². The second-order valence-electron chi connectivity index (χ2n) is 7.52. The maximum Gasteiger partial charge on any atom is 0.334 e. The third kappa shape index (κ3) is 6.13. The highest BCUT2D eigenvalue weighted by molar-refractivity contribution is 6.17. The molecule has 0 N–H and O–H groups in total. The zero-order valence-electron chi connectivity index (χ0n) is 17.3. The summed E-state index contributed by atoms with van der Waals surface area (Å²) in [7, 11) is 1.63. The van der Waals surface area contributed by atoms with Crippen molar-refractivity contribution in [3.05, 3.63) is 47.6 Å². The molecule has 1 aromatic heterocycles. The van der Waals surface area contributed by atoms with Crippen LogP contribution in [0, 0.1) is 0 Å². The first-order chi connectivity index (χ1) is 13.3. The lowest BCUT2D eigenvalue weighted by atomic mass is 10.1. The molecular weight excluding hydrogens is 376 g/mol. The molecule has 6 heteroatoms. The van der Waals surface area contributed by atoms with Gasteiger partial charge < -0.3 is 14.0 Å². The fraction of sp³-hybridized carbons (Fsp3) is 0.455. The van der Waals surface area contributed by atoms with Crippen LogP contribution < -0.4 is 4.74 Å². The molecule has 28 heavy (non-hydrogen) atoms. The molecular formula is C22H29ClN2O3. The monoisotopic (exact) mass is 404 g/mol. The highest BCUT2D eigenvalue weighted by Gasteiger charge is 2.20. The summed E-state index contributed by atoms with van der Waals surface area (Å²) in [6, 6.07) is 5.82. The lowest BCUT2D eigenvalue weighted by Gasteiger charge is -2.20. The van der Waals surface area contributed by atoms with E-state index in [1.54, 1.807) is 13.4 Å². The molecule has 0 radical (unpaired) electrons. The van der Waals surface area contributed by atoms with Gasteiger partial charge in [0.1, 0.15) is 11.4 Å². The fourth-order valence-corrected chi connectivity index (χ4v) is 2.84. The van der Waals surface area contributed by atoms with E-state index in [9.17, 15) is 4.79 Å². The van der Waals surface area contributed by atoms with E-state index in [1.807, 2.05) is 55.8 Å². The summed E-state index contributed by atoms with van der Waals surface area (Å²) < 4.78 is 13.0. The quantitative estimate of drug-likeness (QED) is 0.345. The van der Waals surface area contributed by atoms with Crippen molar-refractivity contribution in [2.45, 2.75) is 52.6 Å². The van der Waals surface area contributed by atoms with Gasteiger partial charge >= 0.3 is 5.97 Å². The average Bonchev–Trinajstić information content (AvgIpc) is 3.12. The summed E-state index contributed by atoms with van der Waals surface area (Å²) in [5, 5.41) is 0. The topological polar surface area (TPSA) is 53.4 Å². The van der Waals surface area contributed by atoms with Crippen molar-refractivity contribution in [2.24, 2.45) is 0 Å². The minimum Gasteiger partial charge on any atom is -0.495 e. The number of alkyl halides is 1. The number of aryl methyl sites for hydroxylation is 1. The maximum absolute atomic E-state index is 12.6. The minimum absolute atomic E-state index is 0.317. The van der Waals surface area contributed by atoms with Gasteiger partial charge in [-0.15, -0.1) is 11.6 Å². The molecule has 2 rings (SSSR count). The summed E-state index contributed by atoms with van der Waals surface area (Å²) in [6.45, 7) is 7.64. The number of hydrogen-bond acceptors (Lipinski definition) is 4. The van der Waals surface area contributed by atoms with E-state index in [0.29, 0.717) is 30.0 Å². The summed E-state index contributed by atoms with van der Waals surface area (Å²) in [6.07, 6.45) is 7.74. The van der Waals surface area contributed by atoms with Gasteiger partial charge in [-0.05, 0) is 63.8 Å². The van der Waals surface area contributed by atoms with Crippen molar-refractivity contribution >= 4 is 23.6 Å². The van der Waals surface area contributed by atoms with E-state index in [0.717, 1.165) is 23.4 Å². The number of esters is 1. The predicted octanol–water partition coefficient (Wildman–Crippen LogP) is 5.19. The molecule has 0 bridgehead atoms. The Balaban J connectivity index is 2.36. The molecule has 0 unspecified atom stereocenters. The molecule has 1 heterocycles. The van der Waals surface area contributed by atoms with Crippen molar-refractivity contribution in [2.75, 3.05) is 13.0 Å². The molecule has 152 valence electrons. The smallest absolute Gasteiger partial charge is 0.334 e. The van der Waals surface area contributed by atoms with Crippen LogP contribution in [0.25, 0.3) is 11.8 Å². The fourth-order valence-electron chi connectivity index (χ4n) is 2.71. The van der Waals surface area contributed by atoms with E-state index < -0.39 is 5.60 Å². The number of imidazole rings is 1. The van der Waals surface area contributed by atoms with Gasteiger partial charge in [-0.1, -0.05) is 13.0 Å². The normalized spacial score (nSPS) is 12.1. The number of halogens is 1. The first-order valence-corrected chi connectivity index (χ1v) is 10.0. The van der Waals surface area contributed by atoms with Gasteiger partial charge in [-0.3, -0.25) is 0 Å². The molecule has 0 saturated heterocycles. The molecule has 0 amide bonds. The van der Waals surface area contributed by atoms with Gasteiger partial charge in [0.05, 0.1) is 24.8 Å². The second-order valence-corrected chi connectivity index (χ2v) is 7.90. The Hall–Kier alpha value is -2.27. The van der Waals surface area contributed by atoms with Crippen molar-refractivity contribution in [1.29, 1.82) is 0 Å². The van der Waals surface area contributed by atoms with Crippen LogP contribution in [-0.4, -0.2) is 34.1 Å². The molecule has 0 aliphatic rings. The van der Waals surface area contributed by atoms with Crippen LogP contribution in [0.4, 0.5) is 0 Å². The van der Waals surface area contributed by atoms with Crippen molar-refractivity contribution < 1.29 is 14.3 Å². The second kappa shape index (κ2) is 9.78. The Bertz CT molecular complexity index is 835. The number of rotatable bonds is 8. The van der Waals surface area contributed by atoms with Gasteiger partial charge in [-0.2, -0.15) is 0 Å². The van der Waals surface area contributed by atoms with Crippen molar-refractivity contribution in [3.63, 3.8) is 0 Å². The molecule has 5 nitrogen and oxygen atoms in total. The molecule has 2 aromatic rings. The number of hydrogen-bond donors (Lipinski definition) is 0. The third-order valence-corrected chi connectivity index (χ3v) is 4.33. The summed E-state index contributed by atoms with van der Waals surface area (Å²) >= 11 is 5.83. The van der Waals surface area contributed by atoms with Crippen LogP contribution in [0.3, 0.4) is 0 Å². The molecule has 0 spiro atoms. The highest BCUT2D eigenvalue weighted by atomic mass is 35.5. The first-order valence-electron chi connectivity index (χ1n) is 9.48. The predicted molar refractivity (Wildman–Crippen MR) is 113 cm³/mol. The Morgan fingerprint density at radius 1 is 1.32 bits per heavy atom. The van der Waals surface area contributed by atoms with Crippen LogP contribution in [0.2, 0.25) is 0 Å². The zero-order chi connectivity index (χ0) is 20.7. The molecule has 0 aliphatic carbocycles. The van der Waals surface area contributed by atoms with E-state index in [4.69, 9.17) is 21.1 Å². The Morgan fingerprint density at radius 3 is 2.64 bits per heavy atom. The van der Waals surface area contributed by atoms with Crippen LogP contribution in [0.5, 0.6) is 5.75 Å². The maximum atomic E-state index is 12.6. The van der Waals surface area contributed by atoms with Gasteiger partial charge in [0.15, 0.2) is 0 Å². The third-order valence-electron chi connectivity index (χ3n) is 4.06. The highest BCUT2D eigenvalue weighted by Crippen LogP contribution is 2.27. The zero-order valence-corrected chi connectivity index (χ0v) is 18.0. The Kier molecular flexibility index (Phi) is 7.69. The number of benzene rings is 1. The van der Waals surface area contributed by atoms with Crippen LogP contribution >= 0.6 is 11.6 Å². The number of carbonyl (C=O) groups excluding carboxylic acids is 1. The van der Waals surface area contributed by atoms with E-state index in [1.165, 1.54) is 0 Å². The van der Waals surface area contributed by atoms with E-state index in [-0.39, 0.29) is 5.97 Å². The van der Waals surface area contributed by atoms with Crippen molar-refractivity contribution in [3.8, 4) is 11.4 Å². The minimum atomic E-state index is -0.545. The largest absolute Gasteiger partial charge is 0.495 e. The standard InChI is InChI=1S/C22H29ClN2O3/c1-6-18-14-25(15-24-18)19-10-9-16(13-20(19)27-5)12-17(8-7-11-23)21(26)28-22(2,3)4/h9-10,12-15H,6-8,11H2,1-5H3/b17-12+.